The van der Waals surface area contributed by atoms with Gasteiger partial charge in [-0.15, -0.1) is 0 Å². The molecule has 1 N–H and O–H groups in total. The van der Waals surface area contributed by atoms with Gasteiger partial charge in [-0.2, -0.15) is 13.2 Å². The Kier molecular flexibility index (Phi) is 4.39. The molecule has 0 saturated heterocycles. The van der Waals surface area contributed by atoms with Crippen LogP contribution in [0.3, 0.4) is 0 Å². The predicted octanol–water partition coefficient (Wildman–Crippen LogP) is 2.96. The van der Waals surface area contributed by atoms with Gasteiger partial charge in [-0.1, -0.05) is 37.3 Å². The van der Waals surface area contributed by atoms with Crippen LogP contribution in [0.15, 0.2) is 30.3 Å². The first-order chi connectivity index (χ1) is 9.34. The highest BCUT2D eigenvalue weighted by Gasteiger charge is 2.41. The standard InChI is InChI=1S/C15H20F3NO/c1-14(11-20,12-5-3-2-4-6-12)9-19(13-7-8-13)10-15(16,17)18/h2-6,13,20H,7-11H2,1H3. The van der Waals surface area contributed by atoms with Gasteiger partial charge in [0, 0.05) is 18.0 Å². The van der Waals surface area contributed by atoms with Crippen LogP contribution in [0.2, 0.25) is 0 Å². The largest absolute Gasteiger partial charge is 0.401 e. The van der Waals surface area contributed by atoms with Crippen LogP contribution in [0.1, 0.15) is 25.3 Å². The summed E-state index contributed by atoms with van der Waals surface area (Å²) in [6.45, 7) is 0.962. The molecular formula is C15H20F3NO. The first-order valence-electron chi connectivity index (χ1n) is 6.81. The number of aliphatic hydroxyl groups is 1. The molecule has 0 aliphatic heterocycles. The number of aliphatic hydroxyl groups excluding tert-OH is 1. The molecule has 0 amide bonds. The van der Waals surface area contributed by atoms with Crippen LogP contribution in [0.5, 0.6) is 0 Å². The van der Waals surface area contributed by atoms with Crippen molar-refractivity contribution in [1.29, 1.82) is 0 Å². The average molecular weight is 287 g/mol. The summed E-state index contributed by atoms with van der Waals surface area (Å²) in [5.41, 5.74) is 0.199. The van der Waals surface area contributed by atoms with Crippen molar-refractivity contribution in [3.05, 3.63) is 35.9 Å². The summed E-state index contributed by atoms with van der Waals surface area (Å²) < 4.78 is 38.0. The molecule has 0 aromatic heterocycles. The highest BCUT2D eigenvalue weighted by atomic mass is 19.4. The highest BCUT2D eigenvalue weighted by Crippen LogP contribution is 2.34. The molecule has 5 heteroatoms. The molecule has 1 aromatic carbocycles. The maximum Gasteiger partial charge on any atom is 0.401 e. The molecule has 1 aliphatic carbocycles. The lowest BCUT2D eigenvalue weighted by Crippen LogP contribution is -2.46. The van der Waals surface area contributed by atoms with Crippen molar-refractivity contribution in [3.8, 4) is 0 Å². The van der Waals surface area contributed by atoms with Crippen molar-refractivity contribution in [2.75, 3.05) is 19.7 Å². The molecular weight excluding hydrogens is 267 g/mol. The van der Waals surface area contributed by atoms with Crippen LogP contribution in [0.25, 0.3) is 0 Å². The zero-order chi connectivity index (χ0) is 14.8. The number of benzene rings is 1. The Balaban J connectivity index is 2.14. The van der Waals surface area contributed by atoms with Gasteiger partial charge in [0.25, 0.3) is 0 Å². The van der Waals surface area contributed by atoms with Crippen LogP contribution >= 0.6 is 0 Å². The van der Waals surface area contributed by atoms with Crippen LogP contribution in [-0.4, -0.2) is 41.9 Å². The van der Waals surface area contributed by atoms with Crippen LogP contribution in [-0.2, 0) is 5.41 Å². The number of nitrogens with zero attached hydrogens (tertiary/aromatic N) is 1. The summed E-state index contributed by atoms with van der Waals surface area (Å²) in [4.78, 5) is 1.46. The molecule has 1 aromatic rings. The fraction of sp³-hybridized carbons (Fsp3) is 0.600. The normalized spacial score (nSPS) is 19.1. The Morgan fingerprint density at radius 2 is 1.75 bits per heavy atom. The SMILES string of the molecule is CC(CO)(CN(CC(F)(F)F)C1CC1)c1ccccc1. The van der Waals surface area contributed by atoms with Crippen molar-refractivity contribution < 1.29 is 18.3 Å². The summed E-state index contributed by atoms with van der Waals surface area (Å²) in [5.74, 6) is 0. The molecule has 20 heavy (non-hydrogen) atoms. The van der Waals surface area contributed by atoms with Gasteiger partial charge in [0.1, 0.15) is 0 Å². The van der Waals surface area contributed by atoms with Crippen LogP contribution in [0.4, 0.5) is 13.2 Å². The maximum absolute atomic E-state index is 12.7. The van der Waals surface area contributed by atoms with Crippen molar-refractivity contribution in [2.24, 2.45) is 0 Å². The van der Waals surface area contributed by atoms with E-state index in [1.807, 2.05) is 37.3 Å². The smallest absolute Gasteiger partial charge is 0.395 e. The lowest BCUT2D eigenvalue weighted by atomic mass is 9.82. The Labute approximate surface area is 117 Å². The third-order valence-corrected chi connectivity index (χ3v) is 3.82. The van der Waals surface area contributed by atoms with E-state index in [1.165, 1.54) is 4.90 Å². The van der Waals surface area contributed by atoms with Gasteiger partial charge in [-0.25, -0.2) is 0 Å². The molecule has 2 rings (SSSR count). The summed E-state index contributed by atoms with van der Waals surface area (Å²) in [5, 5.41) is 9.68. The minimum atomic E-state index is -4.20. The fourth-order valence-electron chi connectivity index (χ4n) is 2.51. The first-order valence-corrected chi connectivity index (χ1v) is 6.81. The van der Waals surface area contributed by atoms with Crippen molar-refractivity contribution in [3.63, 3.8) is 0 Å². The third-order valence-electron chi connectivity index (χ3n) is 3.82. The summed E-state index contributed by atoms with van der Waals surface area (Å²) in [6.07, 6.45) is -2.57. The fourth-order valence-corrected chi connectivity index (χ4v) is 2.51. The van der Waals surface area contributed by atoms with E-state index < -0.39 is 18.1 Å². The third kappa shape index (κ3) is 3.96. The Morgan fingerprint density at radius 3 is 2.20 bits per heavy atom. The number of hydrogen-bond donors (Lipinski definition) is 1. The highest BCUT2D eigenvalue weighted by molar-refractivity contribution is 5.25. The quantitative estimate of drug-likeness (QED) is 0.869. The second-order valence-electron chi connectivity index (χ2n) is 5.84. The molecule has 1 fully saturated rings. The monoisotopic (exact) mass is 287 g/mol. The zero-order valence-electron chi connectivity index (χ0n) is 11.5. The van der Waals surface area contributed by atoms with Crippen molar-refractivity contribution in [2.45, 2.75) is 37.4 Å². The van der Waals surface area contributed by atoms with Gasteiger partial charge in [-0.05, 0) is 18.4 Å². The van der Waals surface area contributed by atoms with Gasteiger partial charge in [0.2, 0.25) is 0 Å². The van der Waals surface area contributed by atoms with E-state index in [0.29, 0.717) is 0 Å². The average Bonchev–Trinajstić information content (AvgIpc) is 3.21. The van der Waals surface area contributed by atoms with Gasteiger partial charge < -0.3 is 5.11 Å². The number of halogens is 3. The minimum absolute atomic E-state index is 0.00575. The zero-order valence-corrected chi connectivity index (χ0v) is 11.5. The number of rotatable bonds is 6. The van der Waals surface area contributed by atoms with Crippen molar-refractivity contribution in [1.82, 2.24) is 4.90 Å². The molecule has 1 aliphatic rings. The molecule has 0 bridgehead atoms. The maximum atomic E-state index is 12.7. The topological polar surface area (TPSA) is 23.5 Å². The van der Waals surface area contributed by atoms with Gasteiger partial charge in [-0.3, -0.25) is 4.90 Å². The summed E-state index contributed by atoms with van der Waals surface area (Å²) >= 11 is 0. The molecule has 2 nitrogen and oxygen atoms in total. The Hall–Kier alpha value is -1.07. The van der Waals surface area contributed by atoms with Gasteiger partial charge >= 0.3 is 6.18 Å². The van der Waals surface area contributed by atoms with E-state index in [1.54, 1.807) is 0 Å². The molecule has 1 saturated carbocycles. The molecule has 112 valence electrons. The van der Waals surface area contributed by atoms with Gasteiger partial charge in [0.05, 0.1) is 13.2 Å². The van der Waals surface area contributed by atoms with E-state index in [0.717, 1.165) is 18.4 Å². The second-order valence-corrected chi connectivity index (χ2v) is 5.84. The van der Waals surface area contributed by atoms with E-state index >= 15 is 0 Å². The van der Waals surface area contributed by atoms with E-state index in [9.17, 15) is 18.3 Å². The molecule has 0 spiro atoms. The summed E-state index contributed by atoms with van der Waals surface area (Å²) in [6, 6.07) is 9.26. The predicted molar refractivity (Wildman–Crippen MR) is 71.5 cm³/mol. The lowest BCUT2D eigenvalue weighted by Gasteiger charge is -2.35. The molecule has 1 unspecified atom stereocenters. The van der Waals surface area contributed by atoms with E-state index in [-0.39, 0.29) is 19.2 Å². The minimum Gasteiger partial charge on any atom is -0.395 e. The Morgan fingerprint density at radius 1 is 1.15 bits per heavy atom. The van der Waals surface area contributed by atoms with Crippen LogP contribution in [0, 0.1) is 0 Å². The first kappa shape index (κ1) is 15.3. The molecule has 0 radical (unpaired) electrons. The lowest BCUT2D eigenvalue weighted by molar-refractivity contribution is -0.149. The van der Waals surface area contributed by atoms with Gasteiger partial charge in [0.15, 0.2) is 0 Å². The number of hydrogen-bond acceptors (Lipinski definition) is 2. The molecule has 0 heterocycles. The second kappa shape index (κ2) is 5.74. The summed E-state index contributed by atoms with van der Waals surface area (Å²) in [7, 11) is 0. The number of alkyl halides is 3. The molecule has 1 atom stereocenters. The Bertz CT molecular complexity index is 430. The van der Waals surface area contributed by atoms with E-state index in [4.69, 9.17) is 0 Å². The van der Waals surface area contributed by atoms with Crippen LogP contribution < -0.4 is 0 Å². The van der Waals surface area contributed by atoms with E-state index in [2.05, 4.69) is 0 Å². The van der Waals surface area contributed by atoms with Crippen molar-refractivity contribution >= 4 is 0 Å².